The van der Waals surface area contributed by atoms with Gasteiger partial charge in [-0.15, -0.1) is 0 Å². The molecule has 0 spiro atoms. The second kappa shape index (κ2) is 12.7. The van der Waals surface area contributed by atoms with Gasteiger partial charge in [-0.05, 0) is 72.6 Å². The molecule has 1 heterocycles. The number of carbonyl (C=O) groups excluding carboxylic acids is 1. The number of unbranched alkanes of at least 4 members (excludes halogenated alkanes) is 1. The van der Waals surface area contributed by atoms with Crippen LogP contribution in [0.2, 0.25) is 5.02 Å². The van der Waals surface area contributed by atoms with Crippen LogP contribution in [0, 0.1) is 0 Å². The van der Waals surface area contributed by atoms with E-state index in [0.717, 1.165) is 17.3 Å². The molecular weight excluding hydrogens is 572 g/mol. The normalized spacial score (nSPS) is 11.2. The molecule has 0 saturated carbocycles. The molecule has 4 rings (SSSR count). The fraction of sp³-hybridized carbons (Fsp3) is 0.214. The predicted molar refractivity (Wildman–Crippen MR) is 154 cm³/mol. The summed E-state index contributed by atoms with van der Waals surface area (Å²) >= 11 is 9.30. The van der Waals surface area contributed by atoms with Crippen molar-refractivity contribution in [3.05, 3.63) is 91.9 Å². The minimum absolute atomic E-state index is 0.207. The van der Waals surface area contributed by atoms with E-state index in [-0.39, 0.29) is 18.1 Å². The van der Waals surface area contributed by atoms with Crippen LogP contribution in [0.15, 0.2) is 75.0 Å². The second-order valence-corrected chi connectivity index (χ2v) is 9.76. The molecule has 1 amide bonds. The Morgan fingerprint density at radius 2 is 1.92 bits per heavy atom. The van der Waals surface area contributed by atoms with E-state index in [0.29, 0.717) is 50.9 Å². The lowest BCUT2D eigenvalue weighted by atomic mass is 10.2. The zero-order valence-electron chi connectivity index (χ0n) is 20.9. The summed E-state index contributed by atoms with van der Waals surface area (Å²) < 4.78 is 13.3. The minimum atomic E-state index is -0.325. The van der Waals surface area contributed by atoms with E-state index in [9.17, 15) is 9.59 Å². The SMILES string of the molecule is CCCCc1nc2ccc(Br)cc2c(=O)n1N=Cc1ccc(OCC(=O)Nc2ccc(Cl)cc2)c(OC)c1. The lowest BCUT2D eigenvalue weighted by molar-refractivity contribution is -0.118. The van der Waals surface area contributed by atoms with E-state index in [1.165, 1.54) is 11.8 Å². The van der Waals surface area contributed by atoms with Gasteiger partial charge in [-0.1, -0.05) is 40.9 Å². The number of anilines is 1. The third kappa shape index (κ3) is 6.79. The smallest absolute Gasteiger partial charge is 0.282 e. The monoisotopic (exact) mass is 596 g/mol. The fourth-order valence-corrected chi connectivity index (χ4v) is 4.18. The molecule has 3 aromatic carbocycles. The van der Waals surface area contributed by atoms with Gasteiger partial charge in [-0.2, -0.15) is 9.78 Å². The van der Waals surface area contributed by atoms with Gasteiger partial charge in [-0.25, -0.2) is 4.98 Å². The van der Waals surface area contributed by atoms with Crippen molar-refractivity contribution in [2.45, 2.75) is 26.2 Å². The number of hydrogen-bond donors (Lipinski definition) is 1. The minimum Gasteiger partial charge on any atom is -0.493 e. The van der Waals surface area contributed by atoms with Crippen molar-refractivity contribution in [2.24, 2.45) is 5.10 Å². The molecule has 0 unspecified atom stereocenters. The van der Waals surface area contributed by atoms with Crippen molar-refractivity contribution in [1.82, 2.24) is 9.66 Å². The van der Waals surface area contributed by atoms with Crippen LogP contribution < -0.4 is 20.3 Å². The Balaban J connectivity index is 1.53. The number of rotatable bonds is 10. The molecule has 0 bridgehead atoms. The second-order valence-electron chi connectivity index (χ2n) is 8.41. The molecule has 8 nitrogen and oxygen atoms in total. The molecule has 1 N–H and O–H groups in total. The number of amides is 1. The number of methoxy groups -OCH3 is 1. The van der Waals surface area contributed by atoms with E-state index in [2.05, 4.69) is 38.3 Å². The zero-order valence-corrected chi connectivity index (χ0v) is 23.3. The third-order valence-corrected chi connectivity index (χ3v) is 6.37. The summed E-state index contributed by atoms with van der Waals surface area (Å²) in [5, 5.41) is 8.28. The summed E-state index contributed by atoms with van der Waals surface area (Å²) in [5.74, 6) is 1.09. The Hall–Kier alpha value is -3.69. The first kappa shape index (κ1) is 27.3. The molecule has 196 valence electrons. The number of ether oxygens (including phenoxy) is 2. The molecule has 38 heavy (non-hydrogen) atoms. The van der Waals surface area contributed by atoms with Crippen LogP contribution in [0.25, 0.3) is 10.9 Å². The van der Waals surface area contributed by atoms with Gasteiger partial charge in [0.25, 0.3) is 11.5 Å². The van der Waals surface area contributed by atoms with Crippen LogP contribution in [0.5, 0.6) is 11.5 Å². The van der Waals surface area contributed by atoms with Gasteiger partial charge in [0.1, 0.15) is 5.82 Å². The van der Waals surface area contributed by atoms with Crippen molar-refractivity contribution >= 4 is 56.2 Å². The maximum Gasteiger partial charge on any atom is 0.282 e. The molecule has 1 aromatic heterocycles. The predicted octanol–water partition coefficient (Wildman–Crippen LogP) is 6.06. The Bertz CT molecular complexity index is 1540. The maximum absolute atomic E-state index is 13.3. The lowest BCUT2D eigenvalue weighted by Crippen LogP contribution is -2.22. The highest BCUT2D eigenvalue weighted by atomic mass is 79.9. The van der Waals surface area contributed by atoms with Crippen LogP contribution in [0.4, 0.5) is 5.69 Å². The first-order valence-electron chi connectivity index (χ1n) is 12.0. The molecule has 0 aliphatic carbocycles. The first-order valence-corrected chi connectivity index (χ1v) is 13.2. The van der Waals surface area contributed by atoms with Crippen LogP contribution in [-0.2, 0) is 11.2 Å². The van der Waals surface area contributed by atoms with Crippen molar-refractivity contribution in [3.63, 3.8) is 0 Å². The van der Waals surface area contributed by atoms with Crippen LogP contribution in [0.3, 0.4) is 0 Å². The maximum atomic E-state index is 13.3. The summed E-state index contributed by atoms with van der Waals surface area (Å²) in [4.78, 5) is 30.2. The number of hydrogen-bond acceptors (Lipinski definition) is 6. The lowest BCUT2D eigenvalue weighted by Gasteiger charge is -2.12. The van der Waals surface area contributed by atoms with Crippen molar-refractivity contribution < 1.29 is 14.3 Å². The van der Waals surface area contributed by atoms with Gasteiger partial charge >= 0.3 is 0 Å². The standard InChI is InChI=1S/C28H26BrClN4O4/c1-3-4-5-26-33-23-12-7-19(29)15-22(23)28(36)34(26)31-16-18-6-13-24(25(14-18)37-2)38-17-27(35)32-21-10-8-20(30)9-11-21/h6-16H,3-5,17H2,1-2H3,(H,32,35). The van der Waals surface area contributed by atoms with Crippen molar-refractivity contribution in [1.29, 1.82) is 0 Å². The average molecular weight is 598 g/mol. The summed E-state index contributed by atoms with van der Waals surface area (Å²) in [6, 6.07) is 17.4. The number of nitrogens with zero attached hydrogens (tertiary/aromatic N) is 3. The summed E-state index contributed by atoms with van der Waals surface area (Å²) in [6.07, 6.45) is 4.05. The van der Waals surface area contributed by atoms with Crippen molar-refractivity contribution in [2.75, 3.05) is 19.0 Å². The highest BCUT2D eigenvalue weighted by Gasteiger charge is 2.12. The topological polar surface area (TPSA) is 94.8 Å². The molecule has 0 radical (unpaired) electrons. The molecule has 10 heteroatoms. The molecule has 0 aliphatic heterocycles. The Labute approximate surface area is 233 Å². The number of fused-ring (bicyclic) bond motifs is 1. The first-order chi connectivity index (χ1) is 18.4. The summed E-state index contributed by atoms with van der Waals surface area (Å²) in [6.45, 7) is 1.88. The molecule has 0 atom stereocenters. The molecule has 0 fully saturated rings. The van der Waals surface area contributed by atoms with Gasteiger partial charge < -0.3 is 14.8 Å². The Kier molecular flexibility index (Phi) is 9.15. The number of nitrogens with one attached hydrogen (secondary N) is 1. The number of carbonyl (C=O) groups is 1. The van der Waals surface area contributed by atoms with E-state index in [1.807, 2.05) is 12.1 Å². The van der Waals surface area contributed by atoms with E-state index in [1.54, 1.807) is 54.7 Å². The molecular formula is C28H26BrClN4O4. The van der Waals surface area contributed by atoms with Crippen LogP contribution >= 0.6 is 27.5 Å². The Morgan fingerprint density at radius 3 is 2.66 bits per heavy atom. The zero-order chi connectivity index (χ0) is 27.1. The van der Waals surface area contributed by atoms with E-state index >= 15 is 0 Å². The van der Waals surface area contributed by atoms with Gasteiger partial charge in [0.15, 0.2) is 18.1 Å². The molecule has 4 aromatic rings. The number of aryl methyl sites for hydroxylation is 1. The quantitative estimate of drug-likeness (QED) is 0.224. The number of halogens is 2. The molecule has 0 aliphatic rings. The third-order valence-electron chi connectivity index (χ3n) is 5.63. The summed E-state index contributed by atoms with van der Waals surface area (Å²) in [5.41, 5.74) is 1.70. The number of aromatic nitrogens is 2. The largest absolute Gasteiger partial charge is 0.493 e. The van der Waals surface area contributed by atoms with Crippen molar-refractivity contribution in [3.8, 4) is 11.5 Å². The van der Waals surface area contributed by atoms with Gasteiger partial charge in [0, 0.05) is 21.6 Å². The van der Waals surface area contributed by atoms with Gasteiger partial charge in [0.2, 0.25) is 0 Å². The highest BCUT2D eigenvalue weighted by Crippen LogP contribution is 2.27. The van der Waals surface area contributed by atoms with Crippen LogP contribution in [0.1, 0.15) is 31.2 Å². The van der Waals surface area contributed by atoms with Gasteiger partial charge in [0.05, 0.1) is 24.2 Å². The van der Waals surface area contributed by atoms with Gasteiger partial charge in [-0.3, -0.25) is 9.59 Å². The average Bonchev–Trinajstić information content (AvgIpc) is 2.92. The molecule has 0 saturated heterocycles. The van der Waals surface area contributed by atoms with E-state index < -0.39 is 0 Å². The van der Waals surface area contributed by atoms with E-state index in [4.69, 9.17) is 21.1 Å². The summed E-state index contributed by atoms with van der Waals surface area (Å²) in [7, 11) is 1.51. The van der Waals surface area contributed by atoms with Crippen LogP contribution in [-0.4, -0.2) is 35.5 Å². The number of benzene rings is 3. The highest BCUT2D eigenvalue weighted by molar-refractivity contribution is 9.10. The fourth-order valence-electron chi connectivity index (χ4n) is 3.69. The Morgan fingerprint density at radius 1 is 1.13 bits per heavy atom.